The number of anilines is 1. The molecule has 0 unspecified atom stereocenters. The van der Waals surface area contributed by atoms with Gasteiger partial charge in [-0.1, -0.05) is 86.3 Å². The van der Waals surface area contributed by atoms with Crippen LogP contribution >= 0.6 is 0 Å². The Balaban J connectivity index is 0.951. The third kappa shape index (κ3) is 5.97. The van der Waals surface area contributed by atoms with Crippen molar-refractivity contribution in [1.82, 2.24) is 15.3 Å². The van der Waals surface area contributed by atoms with E-state index in [1.807, 2.05) is 0 Å². The highest BCUT2D eigenvalue weighted by atomic mass is 15.1. The highest BCUT2D eigenvalue weighted by molar-refractivity contribution is 6.08. The van der Waals surface area contributed by atoms with Crippen molar-refractivity contribution < 1.29 is 0 Å². The number of benzene rings is 4. The minimum Gasteiger partial charge on any atom is -0.362 e. The average Bonchev–Trinajstić information content (AvgIpc) is 2.99. The molecular formula is C36H42N4. The average molecular weight is 531 g/mol. The molecule has 0 radical (unpaired) electrons. The molecule has 206 valence electrons. The lowest BCUT2D eigenvalue weighted by atomic mass is 9.79. The van der Waals surface area contributed by atoms with Crippen molar-refractivity contribution in [2.24, 2.45) is 11.8 Å². The van der Waals surface area contributed by atoms with Gasteiger partial charge in [-0.05, 0) is 83.0 Å². The second kappa shape index (κ2) is 12.3. The minimum atomic E-state index is 0.804. The number of nitrogens with one attached hydrogen (secondary N) is 1. The molecule has 1 fully saturated rings. The van der Waals surface area contributed by atoms with E-state index in [0.29, 0.717) is 0 Å². The molecule has 40 heavy (non-hydrogen) atoms. The maximum absolute atomic E-state index is 4.88. The Morgan fingerprint density at radius 1 is 0.725 bits per heavy atom. The van der Waals surface area contributed by atoms with Gasteiger partial charge in [-0.15, -0.1) is 0 Å². The van der Waals surface area contributed by atoms with Crippen LogP contribution in [0.25, 0.3) is 32.4 Å². The van der Waals surface area contributed by atoms with Crippen molar-refractivity contribution in [2.75, 3.05) is 25.5 Å². The monoisotopic (exact) mass is 530 g/mol. The molecular weight excluding hydrogens is 488 g/mol. The lowest BCUT2D eigenvalue weighted by Crippen LogP contribution is -2.26. The molecule has 1 aliphatic rings. The molecule has 1 heterocycles. The molecule has 1 saturated carbocycles. The molecule has 0 atom stereocenters. The van der Waals surface area contributed by atoms with Crippen LogP contribution in [0, 0.1) is 11.8 Å². The summed E-state index contributed by atoms with van der Waals surface area (Å²) in [5.74, 6) is 3.70. The van der Waals surface area contributed by atoms with Crippen LogP contribution in [-0.4, -0.2) is 30.6 Å². The molecule has 0 aliphatic heterocycles. The Kier molecular flexibility index (Phi) is 8.24. The summed E-state index contributed by atoms with van der Waals surface area (Å²) in [6, 6.07) is 28.4. The van der Waals surface area contributed by atoms with E-state index in [0.717, 1.165) is 53.9 Å². The third-order valence-corrected chi connectivity index (χ3v) is 8.88. The van der Waals surface area contributed by atoms with Crippen LogP contribution in [0.15, 0.2) is 78.9 Å². The summed E-state index contributed by atoms with van der Waals surface area (Å²) in [7, 11) is 4.13. The van der Waals surface area contributed by atoms with Crippen LogP contribution in [0.3, 0.4) is 0 Å². The summed E-state index contributed by atoms with van der Waals surface area (Å²) < 4.78 is 0. The molecule has 0 amide bonds. The minimum absolute atomic E-state index is 0.804. The molecule has 4 aromatic carbocycles. The quantitative estimate of drug-likeness (QED) is 0.146. The molecule has 1 N–H and O–H groups in total. The predicted molar refractivity (Wildman–Crippen MR) is 170 cm³/mol. The first-order chi connectivity index (χ1) is 19.7. The number of hydrogen-bond donors (Lipinski definition) is 1. The van der Waals surface area contributed by atoms with Crippen molar-refractivity contribution >= 4 is 38.3 Å². The fourth-order valence-electron chi connectivity index (χ4n) is 6.69. The van der Waals surface area contributed by atoms with Gasteiger partial charge >= 0.3 is 0 Å². The van der Waals surface area contributed by atoms with Gasteiger partial charge in [-0.3, -0.25) is 0 Å². The van der Waals surface area contributed by atoms with Crippen molar-refractivity contribution in [1.29, 1.82) is 0 Å². The molecule has 0 saturated heterocycles. The smallest absolute Gasteiger partial charge is 0.139 e. The Morgan fingerprint density at radius 3 is 2.20 bits per heavy atom. The van der Waals surface area contributed by atoms with E-state index >= 15 is 0 Å². The van der Waals surface area contributed by atoms with Gasteiger partial charge < -0.3 is 10.2 Å². The molecule has 0 bridgehead atoms. The Morgan fingerprint density at radius 2 is 1.40 bits per heavy atom. The van der Waals surface area contributed by atoms with Crippen LogP contribution in [-0.2, 0) is 13.0 Å². The van der Waals surface area contributed by atoms with Crippen molar-refractivity contribution in [3.05, 3.63) is 90.3 Å². The van der Waals surface area contributed by atoms with Gasteiger partial charge in [-0.2, -0.15) is 0 Å². The van der Waals surface area contributed by atoms with Gasteiger partial charge in [0.2, 0.25) is 0 Å². The number of para-hydroxylation sites is 1. The first-order valence-electron chi connectivity index (χ1n) is 15.2. The van der Waals surface area contributed by atoms with Crippen molar-refractivity contribution in [3.63, 3.8) is 0 Å². The SMILES string of the molecule is CN(C)c1nc(CCCCC2CCC(CNCc3cc4ccccc4c4ccccc34)CC2)nc2ccccc12. The van der Waals surface area contributed by atoms with Crippen LogP contribution in [0.2, 0.25) is 0 Å². The van der Waals surface area contributed by atoms with E-state index in [2.05, 4.69) is 103 Å². The molecule has 0 spiro atoms. The van der Waals surface area contributed by atoms with E-state index in [-0.39, 0.29) is 0 Å². The van der Waals surface area contributed by atoms with Gasteiger partial charge in [0.15, 0.2) is 0 Å². The number of aromatic nitrogens is 2. The molecule has 4 nitrogen and oxygen atoms in total. The maximum Gasteiger partial charge on any atom is 0.139 e. The number of unbranched alkanes of at least 4 members (excludes halogenated alkanes) is 1. The number of rotatable bonds is 10. The van der Waals surface area contributed by atoms with Gasteiger partial charge in [-0.25, -0.2) is 9.97 Å². The molecule has 1 aliphatic carbocycles. The number of hydrogen-bond acceptors (Lipinski definition) is 4. The lowest BCUT2D eigenvalue weighted by molar-refractivity contribution is 0.253. The summed E-state index contributed by atoms with van der Waals surface area (Å²) in [5.41, 5.74) is 2.47. The van der Waals surface area contributed by atoms with Gasteiger partial charge in [0.1, 0.15) is 11.6 Å². The Labute approximate surface area is 238 Å². The zero-order valence-corrected chi connectivity index (χ0v) is 24.1. The first kappa shape index (κ1) is 26.7. The highest BCUT2D eigenvalue weighted by Crippen LogP contribution is 2.33. The van der Waals surface area contributed by atoms with E-state index in [4.69, 9.17) is 9.97 Å². The van der Waals surface area contributed by atoms with Gasteiger partial charge in [0.25, 0.3) is 0 Å². The van der Waals surface area contributed by atoms with Crippen LogP contribution in [0.4, 0.5) is 5.82 Å². The lowest BCUT2D eigenvalue weighted by Gasteiger charge is -2.29. The summed E-state index contributed by atoms with van der Waals surface area (Å²) in [5, 5.41) is 10.4. The Hall–Kier alpha value is -3.50. The number of nitrogens with zero attached hydrogens (tertiary/aromatic N) is 3. The van der Waals surface area contributed by atoms with Gasteiger partial charge in [0, 0.05) is 32.4 Å². The molecule has 6 rings (SSSR count). The molecule has 5 aromatic rings. The van der Waals surface area contributed by atoms with Gasteiger partial charge in [0.05, 0.1) is 5.52 Å². The fourth-order valence-corrected chi connectivity index (χ4v) is 6.69. The maximum atomic E-state index is 4.88. The van der Waals surface area contributed by atoms with Crippen molar-refractivity contribution in [2.45, 2.75) is 57.9 Å². The highest BCUT2D eigenvalue weighted by Gasteiger charge is 2.21. The first-order valence-corrected chi connectivity index (χ1v) is 15.2. The summed E-state index contributed by atoms with van der Waals surface area (Å²) >= 11 is 0. The van der Waals surface area contributed by atoms with E-state index < -0.39 is 0 Å². The zero-order valence-electron chi connectivity index (χ0n) is 24.1. The number of fused-ring (bicyclic) bond motifs is 4. The second-order valence-electron chi connectivity index (χ2n) is 11.9. The largest absolute Gasteiger partial charge is 0.362 e. The zero-order chi connectivity index (χ0) is 27.3. The van der Waals surface area contributed by atoms with E-state index in [9.17, 15) is 0 Å². The fraction of sp³-hybridized carbons (Fsp3) is 0.389. The predicted octanol–water partition coefficient (Wildman–Crippen LogP) is 8.31. The van der Waals surface area contributed by atoms with Crippen LogP contribution < -0.4 is 10.2 Å². The number of aryl methyl sites for hydroxylation is 1. The second-order valence-corrected chi connectivity index (χ2v) is 11.9. The van der Waals surface area contributed by atoms with Crippen molar-refractivity contribution in [3.8, 4) is 0 Å². The van der Waals surface area contributed by atoms with Crippen LogP contribution in [0.1, 0.15) is 56.3 Å². The van der Waals surface area contributed by atoms with E-state index in [1.54, 1.807) is 0 Å². The third-order valence-electron chi connectivity index (χ3n) is 8.88. The Bertz CT molecular complexity index is 1580. The summed E-state index contributed by atoms with van der Waals surface area (Å²) in [4.78, 5) is 11.8. The molecule has 1 aromatic heterocycles. The topological polar surface area (TPSA) is 41.1 Å². The molecule has 4 heteroatoms. The standard InChI is InChI=1S/C36H42N4/c1-40(2)36-33-16-8-9-17-34(33)38-35(39-36)18-10-3-11-26-19-21-27(22-20-26)24-37-25-29-23-28-12-4-5-13-30(28)32-15-7-6-14-31(29)32/h4-9,12-17,23,26-27,37H,3,10-11,18-22,24-25H2,1-2H3. The van der Waals surface area contributed by atoms with Crippen LogP contribution in [0.5, 0.6) is 0 Å². The summed E-state index contributed by atoms with van der Waals surface area (Å²) in [6.07, 6.45) is 10.2. The summed E-state index contributed by atoms with van der Waals surface area (Å²) in [6.45, 7) is 2.07. The normalized spacial score (nSPS) is 17.6. The van der Waals surface area contributed by atoms with E-state index in [1.165, 1.54) is 72.1 Å².